The predicted molar refractivity (Wildman–Crippen MR) is 188 cm³/mol. The van der Waals surface area contributed by atoms with Crippen LogP contribution in [-0.4, -0.2) is 50.3 Å². The van der Waals surface area contributed by atoms with E-state index in [9.17, 15) is 19.2 Å². The zero-order chi connectivity index (χ0) is 34.3. The third kappa shape index (κ3) is 13.2. The molecule has 0 radical (unpaired) electrons. The van der Waals surface area contributed by atoms with Crippen molar-refractivity contribution in [2.75, 3.05) is 26.4 Å². The van der Waals surface area contributed by atoms with Gasteiger partial charge >= 0.3 is 23.9 Å². The molecule has 0 fully saturated rings. The number of carbonyl (C=O) groups is 4. The highest BCUT2D eigenvalue weighted by Gasteiger charge is 2.49. The van der Waals surface area contributed by atoms with Crippen LogP contribution in [0, 0.1) is 14.4 Å². The van der Waals surface area contributed by atoms with Gasteiger partial charge in [-0.3, -0.25) is 19.2 Å². The van der Waals surface area contributed by atoms with Crippen LogP contribution >= 0.6 is 22.6 Å². The van der Waals surface area contributed by atoms with Crippen LogP contribution < -0.4 is 0 Å². The van der Waals surface area contributed by atoms with E-state index in [1.807, 2.05) is 24.3 Å². The summed E-state index contributed by atoms with van der Waals surface area (Å²) in [4.78, 5) is 52.2. The van der Waals surface area contributed by atoms with E-state index in [0.717, 1.165) is 66.9 Å². The van der Waals surface area contributed by atoms with Gasteiger partial charge in [0.2, 0.25) is 0 Å². The molecular weight excluding hydrogens is 699 g/mol. The number of hydrogen-bond acceptors (Lipinski definition) is 8. The molecular formula is C37H55IO8. The van der Waals surface area contributed by atoms with Gasteiger partial charge in [0.25, 0.3) is 0 Å². The monoisotopic (exact) mass is 754 g/mol. The first kappa shape index (κ1) is 41.4. The van der Waals surface area contributed by atoms with Gasteiger partial charge in [0.15, 0.2) is 10.8 Å². The molecule has 0 bridgehead atoms. The molecule has 0 saturated carbocycles. The summed E-state index contributed by atoms with van der Waals surface area (Å²) in [6, 6.07) is 7.78. The number of ether oxygens (including phenoxy) is 4. The van der Waals surface area contributed by atoms with E-state index in [1.54, 1.807) is 33.8 Å². The van der Waals surface area contributed by atoms with Crippen LogP contribution in [0.25, 0.3) is 0 Å². The fourth-order valence-corrected chi connectivity index (χ4v) is 6.21. The topological polar surface area (TPSA) is 105 Å². The van der Waals surface area contributed by atoms with E-state index in [0.29, 0.717) is 19.3 Å². The Morgan fingerprint density at radius 3 is 1.41 bits per heavy atom. The van der Waals surface area contributed by atoms with Crippen molar-refractivity contribution >= 4 is 46.5 Å². The Labute approximate surface area is 290 Å². The van der Waals surface area contributed by atoms with Gasteiger partial charge in [-0.15, -0.1) is 5.73 Å². The summed E-state index contributed by atoms with van der Waals surface area (Å²) in [5.74, 6) is -2.10. The summed E-state index contributed by atoms with van der Waals surface area (Å²) < 4.78 is 22.4. The zero-order valence-electron chi connectivity index (χ0n) is 28.5. The van der Waals surface area contributed by atoms with Crippen molar-refractivity contribution in [1.29, 1.82) is 0 Å². The van der Waals surface area contributed by atoms with Crippen molar-refractivity contribution < 1.29 is 38.1 Å². The third-order valence-electron chi connectivity index (χ3n) is 8.17. The molecule has 0 aliphatic rings. The number of unbranched alkanes of at least 4 members (excludes halogenated alkanes) is 9. The van der Waals surface area contributed by atoms with Gasteiger partial charge in [-0.1, -0.05) is 89.0 Å². The first-order chi connectivity index (χ1) is 22.2. The maximum atomic E-state index is 13.3. The highest BCUT2D eigenvalue weighted by molar-refractivity contribution is 14.1. The lowest BCUT2D eigenvalue weighted by Gasteiger charge is -2.29. The van der Waals surface area contributed by atoms with Crippen molar-refractivity contribution in [2.45, 2.75) is 118 Å². The second kappa shape index (κ2) is 23.6. The average molecular weight is 755 g/mol. The lowest BCUT2D eigenvalue weighted by atomic mass is 9.77. The van der Waals surface area contributed by atoms with E-state index >= 15 is 0 Å². The third-order valence-corrected chi connectivity index (χ3v) is 9.22. The van der Waals surface area contributed by atoms with Crippen LogP contribution in [-0.2, 0) is 44.5 Å². The molecule has 0 heterocycles. The molecule has 1 rings (SSSR count). The fraction of sp³-hybridized carbons (Fsp3) is 0.649. The molecule has 0 spiro atoms. The van der Waals surface area contributed by atoms with Crippen LogP contribution in [0.3, 0.4) is 0 Å². The normalized spacial score (nSPS) is 11.3. The van der Waals surface area contributed by atoms with E-state index in [1.165, 1.54) is 0 Å². The number of rotatable bonds is 25. The average Bonchev–Trinajstić information content (AvgIpc) is 3.03. The minimum absolute atomic E-state index is 0.167. The van der Waals surface area contributed by atoms with Gasteiger partial charge in [0.1, 0.15) is 0 Å². The summed E-state index contributed by atoms with van der Waals surface area (Å²) in [6.45, 7) is 11.3. The van der Waals surface area contributed by atoms with Crippen LogP contribution in [0.5, 0.6) is 0 Å². The van der Waals surface area contributed by atoms with E-state index in [-0.39, 0.29) is 39.3 Å². The Bertz CT molecular complexity index is 1090. The number of allylic oxidation sites excluding steroid dienone is 1. The number of benzene rings is 1. The molecule has 0 atom stereocenters. The summed E-state index contributed by atoms with van der Waals surface area (Å²) in [5.41, 5.74) is 0.896. The standard InChI is InChI=1S/C37H55IO8/c1-6-11-26-36(32(39)43-7-2,33(40)44-8-3)27-22-18-16-14-12-13-15-17-19-23-28-37(34(41)45-9-4,35(42)46-10-5)29-30-24-20-21-25-31(30)38/h11,20-21,24-25H,1,7-10,12-19,22-23,26-29H2,2-5H3. The van der Waals surface area contributed by atoms with E-state index in [2.05, 4.69) is 34.9 Å². The van der Waals surface area contributed by atoms with Gasteiger partial charge in [-0.25, -0.2) is 0 Å². The van der Waals surface area contributed by atoms with Gasteiger partial charge in [0.05, 0.1) is 26.4 Å². The highest BCUT2D eigenvalue weighted by Crippen LogP contribution is 2.36. The summed E-state index contributed by atoms with van der Waals surface area (Å²) in [7, 11) is 0. The van der Waals surface area contributed by atoms with Crippen molar-refractivity contribution in [2.24, 2.45) is 10.8 Å². The van der Waals surface area contributed by atoms with Crippen LogP contribution in [0.4, 0.5) is 0 Å². The lowest BCUT2D eigenvalue weighted by molar-refractivity contribution is -0.174. The SMILES string of the molecule is C=C=CCC(CCCCCCCCCCCCC(Cc1ccccc1I)(C(=O)OCC)C(=O)OCC)(C(=O)OCC)C(=O)OCC. The molecule has 258 valence electrons. The Morgan fingerprint density at radius 2 is 1.02 bits per heavy atom. The number of halogens is 1. The molecule has 0 amide bonds. The molecule has 9 heteroatoms. The van der Waals surface area contributed by atoms with Crippen molar-refractivity contribution in [3.05, 3.63) is 51.8 Å². The van der Waals surface area contributed by atoms with Crippen molar-refractivity contribution in [3.8, 4) is 0 Å². The Balaban J connectivity index is 2.58. The second-order valence-electron chi connectivity index (χ2n) is 11.5. The van der Waals surface area contributed by atoms with Crippen molar-refractivity contribution in [3.63, 3.8) is 0 Å². The summed E-state index contributed by atoms with van der Waals surface area (Å²) in [6.07, 6.45) is 12.4. The summed E-state index contributed by atoms with van der Waals surface area (Å²) >= 11 is 2.24. The molecule has 0 unspecified atom stereocenters. The van der Waals surface area contributed by atoms with E-state index in [4.69, 9.17) is 18.9 Å². The molecule has 0 saturated heterocycles. The number of hydrogen-bond donors (Lipinski definition) is 0. The Morgan fingerprint density at radius 1 is 0.652 bits per heavy atom. The van der Waals surface area contributed by atoms with Gasteiger partial charge in [0, 0.05) is 9.99 Å². The first-order valence-electron chi connectivity index (χ1n) is 17.0. The first-order valence-corrected chi connectivity index (χ1v) is 18.0. The Hall–Kier alpha value is -2.65. The summed E-state index contributed by atoms with van der Waals surface area (Å²) in [5, 5.41) is 0. The maximum absolute atomic E-state index is 13.3. The molecule has 0 aromatic heterocycles. The van der Waals surface area contributed by atoms with Crippen LogP contribution in [0.1, 0.15) is 117 Å². The minimum atomic E-state index is -1.35. The molecule has 1 aromatic rings. The largest absolute Gasteiger partial charge is 0.465 e. The molecule has 8 nitrogen and oxygen atoms in total. The molecule has 0 aliphatic carbocycles. The number of esters is 4. The predicted octanol–water partition coefficient (Wildman–Crippen LogP) is 8.47. The Kier molecular flexibility index (Phi) is 21.3. The fourth-order valence-electron chi connectivity index (χ4n) is 5.63. The van der Waals surface area contributed by atoms with Crippen molar-refractivity contribution in [1.82, 2.24) is 0 Å². The molecule has 46 heavy (non-hydrogen) atoms. The van der Waals surface area contributed by atoms with Gasteiger partial charge in [-0.2, -0.15) is 0 Å². The van der Waals surface area contributed by atoms with Gasteiger partial charge < -0.3 is 18.9 Å². The smallest absolute Gasteiger partial charge is 0.323 e. The van der Waals surface area contributed by atoms with Crippen LogP contribution in [0.15, 0.2) is 42.7 Å². The number of carbonyl (C=O) groups excluding carboxylic acids is 4. The molecule has 0 aliphatic heterocycles. The minimum Gasteiger partial charge on any atom is -0.465 e. The molecule has 0 N–H and O–H groups in total. The highest BCUT2D eigenvalue weighted by atomic mass is 127. The lowest BCUT2D eigenvalue weighted by Crippen LogP contribution is -2.44. The molecule has 1 aromatic carbocycles. The quantitative estimate of drug-likeness (QED) is 0.0245. The maximum Gasteiger partial charge on any atom is 0.323 e. The van der Waals surface area contributed by atoms with Gasteiger partial charge in [-0.05, 0) is 87.3 Å². The second-order valence-corrected chi connectivity index (χ2v) is 12.6. The zero-order valence-corrected chi connectivity index (χ0v) is 30.6. The van der Waals surface area contributed by atoms with Crippen LogP contribution in [0.2, 0.25) is 0 Å². The van der Waals surface area contributed by atoms with E-state index < -0.39 is 34.7 Å².